The van der Waals surface area contributed by atoms with Crippen LogP contribution in [0.25, 0.3) is 11.3 Å². The molecule has 1 N–H and O–H groups in total. The molecule has 3 nitrogen and oxygen atoms in total. The van der Waals surface area contributed by atoms with Crippen molar-refractivity contribution in [1.29, 1.82) is 0 Å². The van der Waals surface area contributed by atoms with Crippen molar-refractivity contribution in [3.63, 3.8) is 0 Å². The molecule has 0 atom stereocenters. The number of halogens is 1. The molecule has 1 aliphatic heterocycles. The molecule has 1 saturated heterocycles. The van der Waals surface area contributed by atoms with Crippen molar-refractivity contribution in [3.8, 4) is 17.0 Å². The van der Waals surface area contributed by atoms with Gasteiger partial charge in [0.1, 0.15) is 5.75 Å². The molecule has 1 aliphatic rings. The zero-order chi connectivity index (χ0) is 13.1. The van der Waals surface area contributed by atoms with Crippen LogP contribution >= 0.6 is 11.3 Å². The molecule has 2 aromatic rings. The zero-order valence-electron chi connectivity index (χ0n) is 12.4. The Hall–Kier alpha value is -1.10. The summed E-state index contributed by atoms with van der Waals surface area (Å²) >= 11 is 1.79. The topological polar surface area (TPSA) is 34.1 Å². The third-order valence-electron chi connectivity index (χ3n) is 3.60. The maximum Gasteiger partial charge on any atom is 1.00 e. The quantitative estimate of drug-likeness (QED) is 0.891. The molecule has 20 heavy (non-hydrogen) atoms. The van der Waals surface area contributed by atoms with Gasteiger partial charge in [-0.2, -0.15) is 0 Å². The van der Waals surface area contributed by atoms with Crippen LogP contribution in [0.1, 0.15) is 25.2 Å². The Morgan fingerprint density at radius 3 is 2.60 bits per heavy atom. The SMILES string of the molecule is COc1ccc(-c2csc(C3CCNCC3)n2)cc1.[Cl-].[H+]. The summed E-state index contributed by atoms with van der Waals surface area (Å²) in [6, 6.07) is 8.11. The molecule has 1 aromatic heterocycles. The summed E-state index contributed by atoms with van der Waals surface area (Å²) < 4.78 is 5.18. The summed E-state index contributed by atoms with van der Waals surface area (Å²) in [6.07, 6.45) is 2.41. The lowest BCUT2D eigenvalue weighted by Gasteiger charge is -2.20. The molecule has 0 aliphatic carbocycles. The van der Waals surface area contributed by atoms with Gasteiger partial charge in [-0.15, -0.1) is 11.3 Å². The lowest BCUT2D eigenvalue weighted by molar-refractivity contribution is -0.00000418. The number of benzene rings is 1. The van der Waals surface area contributed by atoms with Crippen molar-refractivity contribution < 1.29 is 18.6 Å². The van der Waals surface area contributed by atoms with E-state index in [0.717, 1.165) is 30.1 Å². The Balaban J connectivity index is 0.00000110. The van der Waals surface area contributed by atoms with E-state index in [1.807, 2.05) is 12.1 Å². The molecule has 1 fully saturated rings. The minimum Gasteiger partial charge on any atom is -1.00 e. The second-order valence-corrected chi connectivity index (χ2v) is 5.71. The molecule has 3 rings (SSSR count). The van der Waals surface area contributed by atoms with Crippen LogP contribution in [0, 0.1) is 0 Å². The van der Waals surface area contributed by atoms with Gasteiger partial charge in [0.25, 0.3) is 0 Å². The minimum absolute atomic E-state index is 0. The van der Waals surface area contributed by atoms with E-state index in [0.29, 0.717) is 5.92 Å². The highest BCUT2D eigenvalue weighted by atomic mass is 35.5. The van der Waals surface area contributed by atoms with Gasteiger partial charge in [0.15, 0.2) is 0 Å². The van der Waals surface area contributed by atoms with Crippen molar-refractivity contribution in [3.05, 3.63) is 34.7 Å². The summed E-state index contributed by atoms with van der Waals surface area (Å²) in [5.74, 6) is 1.52. The van der Waals surface area contributed by atoms with E-state index >= 15 is 0 Å². The Labute approximate surface area is 131 Å². The average molecular weight is 311 g/mol. The summed E-state index contributed by atoms with van der Waals surface area (Å²) in [5, 5.41) is 6.85. The fourth-order valence-electron chi connectivity index (χ4n) is 2.44. The van der Waals surface area contributed by atoms with Gasteiger partial charge in [-0.25, -0.2) is 4.98 Å². The molecule has 0 amide bonds. The third kappa shape index (κ3) is 3.32. The van der Waals surface area contributed by atoms with Crippen LogP contribution in [0.2, 0.25) is 0 Å². The number of piperidine rings is 1. The highest BCUT2D eigenvalue weighted by molar-refractivity contribution is 7.10. The molecule has 0 unspecified atom stereocenters. The molecule has 0 radical (unpaired) electrons. The van der Waals surface area contributed by atoms with Crippen LogP contribution < -0.4 is 22.5 Å². The summed E-state index contributed by atoms with van der Waals surface area (Å²) in [6.45, 7) is 2.23. The smallest absolute Gasteiger partial charge is 1.00 e. The predicted molar refractivity (Wildman–Crippen MR) is 80.1 cm³/mol. The zero-order valence-corrected chi connectivity index (χ0v) is 13.0. The van der Waals surface area contributed by atoms with E-state index in [-0.39, 0.29) is 13.8 Å². The van der Waals surface area contributed by atoms with E-state index in [4.69, 9.17) is 9.72 Å². The number of hydrogen-bond donors (Lipinski definition) is 1. The second kappa shape index (κ2) is 7.07. The molecule has 2 heterocycles. The maximum atomic E-state index is 5.18. The average Bonchev–Trinajstić information content (AvgIpc) is 2.98. The van der Waals surface area contributed by atoms with Crippen LogP contribution in [0.4, 0.5) is 0 Å². The van der Waals surface area contributed by atoms with Gasteiger partial charge in [-0.1, -0.05) is 0 Å². The standard InChI is InChI=1S/C15H18N2OS.ClH/c1-18-13-4-2-11(3-5-13)14-10-19-15(17-14)12-6-8-16-9-7-12;/h2-5,10,12,16H,6-9H2,1H3;1H. The van der Waals surface area contributed by atoms with Crippen molar-refractivity contribution in [2.24, 2.45) is 0 Å². The summed E-state index contributed by atoms with van der Waals surface area (Å²) in [5.41, 5.74) is 2.25. The van der Waals surface area contributed by atoms with E-state index < -0.39 is 0 Å². The first-order valence-electron chi connectivity index (χ1n) is 6.67. The van der Waals surface area contributed by atoms with E-state index in [1.165, 1.54) is 17.8 Å². The first-order chi connectivity index (χ1) is 9.36. The lowest BCUT2D eigenvalue weighted by Crippen LogP contribution is -3.00. The van der Waals surface area contributed by atoms with Gasteiger partial charge in [-0.05, 0) is 50.2 Å². The van der Waals surface area contributed by atoms with E-state index in [9.17, 15) is 0 Å². The Kier molecular flexibility index (Phi) is 5.40. The van der Waals surface area contributed by atoms with E-state index in [1.54, 1.807) is 18.4 Å². The number of rotatable bonds is 3. The molecule has 1 aromatic carbocycles. The van der Waals surface area contributed by atoms with Crippen molar-refractivity contribution in [2.75, 3.05) is 20.2 Å². The molecular weight excluding hydrogens is 292 g/mol. The number of aromatic nitrogens is 1. The van der Waals surface area contributed by atoms with Gasteiger partial charge in [-0.3, -0.25) is 0 Å². The van der Waals surface area contributed by atoms with Gasteiger partial charge < -0.3 is 22.5 Å². The Bertz CT molecular complexity index is 541. The summed E-state index contributed by atoms with van der Waals surface area (Å²) in [7, 11) is 1.69. The largest absolute Gasteiger partial charge is 1.00 e. The fourth-order valence-corrected chi connectivity index (χ4v) is 3.44. The van der Waals surface area contributed by atoms with Crippen LogP contribution in [-0.4, -0.2) is 25.2 Å². The fraction of sp³-hybridized carbons (Fsp3) is 0.400. The molecule has 5 heteroatoms. The van der Waals surface area contributed by atoms with Gasteiger partial charge in [0.2, 0.25) is 0 Å². The number of nitrogens with one attached hydrogen (secondary N) is 1. The number of ether oxygens (including phenoxy) is 1. The van der Waals surface area contributed by atoms with Crippen LogP contribution in [-0.2, 0) is 0 Å². The van der Waals surface area contributed by atoms with Gasteiger partial charge in [0, 0.05) is 16.9 Å². The third-order valence-corrected chi connectivity index (χ3v) is 4.60. The predicted octanol–water partition coefficient (Wildman–Crippen LogP) is 0.402. The highest BCUT2D eigenvalue weighted by Crippen LogP contribution is 2.31. The second-order valence-electron chi connectivity index (χ2n) is 4.82. The molecule has 0 saturated carbocycles. The minimum atomic E-state index is 0. The van der Waals surface area contributed by atoms with Crippen LogP contribution in [0.5, 0.6) is 5.75 Å². The lowest BCUT2D eigenvalue weighted by atomic mass is 9.99. The Morgan fingerprint density at radius 1 is 1.25 bits per heavy atom. The number of methoxy groups -OCH3 is 1. The monoisotopic (exact) mass is 310 g/mol. The molecule has 108 valence electrons. The van der Waals surface area contributed by atoms with Crippen LogP contribution in [0.15, 0.2) is 29.6 Å². The number of nitrogens with zero attached hydrogens (tertiary/aromatic N) is 1. The number of hydrogen-bond acceptors (Lipinski definition) is 4. The van der Waals surface area contributed by atoms with Crippen molar-refractivity contribution in [2.45, 2.75) is 18.8 Å². The van der Waals surface area contributed by atoms with Crippen LogP contribution in [0.3, 0.4) is 0 Å². The van der Waals surface area contributed by atoms with Crippen molar-refractivity contribution in [1.82, 2.24) is 10.3 Å². The van der Waals surface area contributed by atoms with Gasteiger partial charge >= 0.3 is 1.43 Å². The number of thiazole rings is 1. The Morgan fingerprint density at radius 2 is 1.95 bits per heavy atom. The first kappa shape index (κ1) is 15.3. The first-order valence-corrected chi connectivity index (χ1v) is 7.55. The molecule has 0 bridgehead atoms. The van der Waals surface area contributed by atoms with Crippen molar-refractivity contribution >= 4 is 11.3 Å². The normalized spacial score (nSPS) is 15.7. The molecule has 0 spiro atoms. The maximum absolute atomic E-state index is 5.18. The summed E-state index contributed by atoms with van der Waals surface area (Å²) in [4.78, 5) is 4.81. The van der Waals surface area contributed by atoms with E-state index in [2.05, 4.69) is 22.8 Å². The van der Waals surface area contributed by atoms with Gasteiger partial charge in [0.05, 0.1) is 17.8 Å². The highest BCUT2D eigenvalue weighted by Gasteiger charge is 2.18. The molecular formula is C15H19ClN2OS.